The van der Waals surface area contributed by atoms with Gasteiger partial charge in [-0.25, -0.2) is 0 Å². The minimum atomic E-state index is -0.467. The Labute approximate surface area is 350 Å². The van der Waals surface area contributed by atoms with Crippen molar-refractivity contribution in [2.24, 2.45) is 23.5 Å². The molecule has 55 heavy (non-hydrogen) atoms. The van der Waals surface area contributed by atoms with Gasteiger partial charge in [-0.3, -0.25) is 14.4 Å². The fourth-order valence-electron chi connectivity index (χ4n) is 3.84. The lowest BCUT2D eigenvalue weighted by atomic mass is 9.95. The Morgan fingerprint density at radius 3 is 1.11 bits per heavy atom. The summed E-state index contributed by atoms with van der Waals surface area (Å²) in [4.78, 5) is 43.4. The number of hydrogen-bond donors (Lipinski definition) is 3. The lowest BCUT2D eigenvalue weighted by molar-refractivity contribution is -0.124. The highest BCUT2D eigenvalue weighted by Gasteiger charge is 2.14. The monoisotopic (exact) mass is 794 g/mol. The van der Waals surface area contributed by atoms with Gasteiger partial charge < -0.3 is 21.2 Å². The van der Waals surface area contributed by atoms with Crippen molar-refractivity contribution >= 4 is 23.8 Å². The second-order valence-corrected chi connectivity index (χ2v) is 12.9. The number of nitrogens with two attached hydrogens (primary N) is 1. The number of carbonyl (C=O) groups excluding carboxylic acids is 4. The molecule has 0 aromatic carbocycles. The van der Waals surface area contributed by atoms with Gasteiger partial charge in [-0.2, -0.15) is 0 Å². The van der Waals surface area contributed by atoms with E-state index in [4.69, 9.17) is 5.73 Å². The Morgan fingerprint density at radius 2 is 0.891 bits per heavy atom. The maximum Gasteiger partial charge on any atom is 0.220 e. The van der Waals surface area contributed by atoms with Crippen LogP contribution < -0.4 is 16.4 Å². The molecule has 0 fully saturated rings. The lowest BCUT2D eigenvalue weighted by Crippen LogP contribution is -2.43. The van der Waals surface area contributed by atoms with Crippen molar-refractivity contribution in [3.63, 3.8) is 0 Å². The number of Topliss-reactive ketones (excluding diaryl/α,β-unsaturated/α-hetero) is 2. The average Bonchev–Trinajstić information content (AvgIpc) is 3.18. The number of aldehydes is 1. The highest BCUT2D eigenvalue weighted by Crippen LogP contribution is 2.10. The van der Waals surface area contributed by atoms with Crippen LogP contribution in [0.15, 0.2) is 0 Å². The molecule has 0 saturated heterocycles. The van der Waals surface area contributed by atoms with E-state index < -0.39 is 6.04 Å². The first kappa shape index (κ1) is 77.8. The summed E-state index contributed by atoms with van der Waals surface area (Å²) in [6.07, 6.45) is 20.1. The Hall–Kier alpha value is -1.60. The van der Waals surface area contributed by atoms with Crippen LogP contribution in [0.4, 0.5) is 0 Å². The molecule has 0 aliphatic heterocycles. The lowest BCUT2D eigenvalue weighted by Gasteiger charge is -2.17. The van der Waals surface area contributed by atoms with Crippen molar-refractivity contribution in [1.29, 1.82) is 0 Å². The fourth-order valence-corrected chi connectivity index (χ4v) is 3.84. The molecule has 0 radical (unpaired) electrons. The normalized spacial score (nSPS) is 10.5. The van der Waals surface area contributed by atoms with Gasteiger partial charge in [0.2, 0.25) is 5.91 Å². The first-order valence-corrected chi connectivity index (χ1v) is 22.9. The van der Waals surface area contributed by atoms with Gasteiger partial charge in [0.25, 0.3) is 0 Å². The molecule has 7 heteroatoms. The van der Waals surface area contributed by atoms with E-state index in [1.54, 1.807) is 13.8 Å². The third-order valence-corrected chi connectivity index (χ3v) is 7.70. The molecule has 0 heterocycles. The molecule has 0 aliphatic rings. The van der Waals surface area contributed by atoms with Gasteiger partial charge in [-0.1, -0.05) is 216 Å². The Kier molecular flexibility index (Phi) is 109. The Balaban J connectivity index is -0.0000000612. The summed E-state index contributed by atoms with van der Waals surface area (Å²) in [7, 11) is 1.81. The molecule has 0 rings (SSSR count). The van der Waals surface area contributed by atoms with E-state index in [9.17, 15) is 19.2 Å². The number of ketones is 2. The number of rotatable bonds is 23. The molecule has 0 aromatic heterocycles. The summed E-state index contributed by atoms with van der Waals surface area (Å²) in [5, 5.41) is 5.70. The smallest absolute Gasteiger partial charge is 0.220 e. The molecule has 0 bridgehead atoms. The number of carbonyl (C=O) groups is 4. The van der Waals surface area contributed by atoms with E-state index in [-0.39, 0.29) is 37.0 Å². The maximum absolute atomic E-state index is 11.7. The van der Waals surface area contributed by atoms with Crippen LogP contribution in [0, 0.1) is 17.8 Å². The van der Waals surface area contributed by atoms with Crippen LogP contribution in [0.3, 0.4) is 0 Å². The highest BCUT2D eigenvalue weighted by molar-refractivity contribution is 5.79. The van der Waals surface area contributed by atoms with Crippen LogP contribution in [0.5, 0.6) is 0 Å². The van der Waals surface area contributed by atoms with Gasteiger partial charge in [-0.05, 0) is 39.7 Å². The standard InChI is InChI=1S/C15H31N3O2.C10H22.C7H14O.C5H10O.5C2H6.CH4/c1-3-4-5-6-7-8-9-15(20)18-14(12-19)10-13(16)11-17-2;1-3-5-7-9-10-8-6-4-2;1-5(2)6(3)7(4)8;1-4(2)5(3)6;5*1-2;/h12-14,17H,3-11,16H2,1-2H3,(H,18,20);3-10H2,1-2H3;5-6H,1-4H3;4H,1-3H3;5*1-2H3;1H4. The number of likely N-dealkylation sites (N-methyl/N-ethyl adjacent to an activating group) is 1. The summed E-state index contributed by atoms with van der Waals surface area (Å²) in [5.74, 6) is 1.44. The van der Waals surface area contributed by atoms with Crippen LogP contribution in [0.1, 0.15) is 249 Å². The molecule has 342 valence electrons. The van der Waals surface area contributed by atoms with E-state index in [0.717, 1.165) is 19.1 Å². The second kappa shape index (κ2) is 77.0. The molecule has 0 aliphatic carbocycles. The van der Waals surface area contributed by atoms with Crippen LogP contribution in [-0.4, -0.2) is 49.4 Å². The average molecular weight is 794 g/mol. The van der Waals surface area contributed by atoms with Gasteiger partial charge in [0.1, 0.15) is 17.9 Å². The van der Waals surface area contributed by atoms with Gasteiger partial charge in [-0.15, -0.1) is 0 Å². The summed E-state index contributed by atoms with van der Waals surface area (Å²) in [5.41, 5.74) is 5.83. The minimum Gasteiger partial charge on any atom is -0.347 e. The Morgan fingerprint density at radius 1 is 0.582 bits per heavy atom. The van der Waals surface area contributed by atoms with E-state index in [1.807, 2.05) is 97.1 Å². The highest BCUT2D eigenvalue weighted by atomic mass is 16.2. The van der Waals surface area contributed by atoms with E-state index in [0.29, 0.717) is 31.1 Å². The van der Waals surface area contributed by atoms with Crippen LogP contribution in [0.25, 0.3) is 0 Å². The molecule has 3 atom stereocenters. The molecule has 0 aromatic rings. The van der Waals surface area contributed by atoms with Crippen molar-refractivity contribution in [3.05, 3.63) is 0 Å². The molecular formula is C48H111N3O4. The van der Waals surface area contributed by atoms with Gasteiger partial charge >= 0.3 is 0 Å². The zero-order valence-electron chi connectivity index (χ0n) is 41.2. The largest absolute Gasteiger partial charge is 0.347 e. The number of hydrogen-bond acceptors (Lipinski definition) is 6. The molecule has 0 saturated carbocycles. The molecule has 1 amide bonds. The molecule has 3 unspecified atom stereocenters. The van der Waals surface area contributed by atoms with Crippen molar-refractivity contribution in [2.45, 2.75) is 261 Å². The van der Waals surface area contributed by atoms with Gasteiger partial charge in [0.05, 0.1) is 6.04 Å². The predicted molar refractivity (Wildman–Crippen MR) is 254 cm³/mol. The van der Waals surface area contributed by atoms with Crippen LogP contribution >= 0.6 is 0 Å². The number of amides is 1. The third kappa shape index (κ3) is 90.3. The summed E-state index contributed by atoms with van der Waals surface area (Å²) in [6.45, 7) is 40.5. The van der Waals surface area contributed by atoms with Crippen LogP contribution in [-0.2, 0) is 19.2 Å². The first-order valence-electron chi connectivity index (χ1n) is 22.9. The molecule has 4 N–H and O–H groups in total. The second-order valence-electron chi connectivity index (χ2n) is 12.9. The number of unbranched alkanes of at least 4 members (excludes halogenated alkanes) is 12. The quantitative estimate of drug-likeness (QED) is 0.0700. The van der Waals surface area contributed by atoms with E-state index >= 15 is 0 Å². The van der Waals surface area contributed by atoms with Gasteiger partial charge in [0, 0.05) is 30.8 Å². The Bertz CT molecular complexity index is 647. The SMILES string of the molecule is C.CC.CC.CC.CC.CC.CC(=O)C(C)C.CC(=O)C(C)C(C)C.CCCCCCCCC(=O)NC(C=O)CC(N)CNC.CCCCCCCCCC. The van der Waals surface area contributed by atoms with Crippen molar-refractivity contribution in [1.82, 2.24) is 10.6 Å². The maximum atomic E-state index is 11.7. The topological polar surface area (TPSA) is 118 Å². The zero-order valence-corrected chi connectivity index (χ0v) is 41.2. The van der Waals surface area contributed by atoms with Crippen molar-refractivity contribution < 1.29 is 19.2 Å². The molecule has 7 nitrogen and oxygen atoms in total. The fraction of sp³-hybridized carbons (Fsp3) is 0.917. The molecule has 0 spiro atoms. The summed E-state index contributed by atoms with van der Waals surface area (Å²) < 4.78 is 0. The van der Waals surface area contributed by atoms with E-state index in [1.165, 1.54) is 77.0 Å². The van der Waals surface area contributed by atoms with Crippen molar-refractivity contribution in [2.75, 3.05) is 13.6 Å². The molecular weight excluding hydrogens is 683 g/mol. The number of nitrogens with one attached hydrogen (secondary N) is 2. The van der Waals surface area contributed by atoms with Crippen molar-refractivity contribution in [3.8, 4) is 0 Å². The first-order chi connectivity index (χ1) is 25.7. The summed E-state index contributed by atoms with van der Waals surface area (Å²) >= 11 is 0. The third-order valence-electron chi connectivity index (χ3n) is 7.70. The van der Waals surface area contributed by atoms with Crippen LogP contribution in [0.2, 0.25) is 0 Å². The zero-order chi connectivity index (χ0) is 44.8. The predicted octanol–water partition coefficient (Wildman–Crippen LogP) is 14.4. The van der Waals surface area contributed by atoms with Gasteiger partial charge in [0.15, 0.2) is 0 Å². The minimum absolute atomic E-state index is 0. The van der Waals surface area contributed by atoms with E-state index in [2.05, 4.69) is 45.3 Å². The summed E-state index contributed by atoms with van der Waals surface area (Å²) in [6, 6.07) is -0.588.